The Bertz CT molecular complexity index is 544. The Morgan fingerprint density at radius 1 is 1.53 bits per heavy atom. The van der Waals surface area contributed by atoms with Gasteiger partial charge < -0.3 is 5.43 Å². The Hall–Kier alpha value is -1.18. The Morgan fingerprint density at radius 3 is 2.89 bits per heavy atom. The summed E-state index contributed by atoms with van der Waals surface area (Å²) in [4.78, 5) is 3.99. The molecule has 7 heteroatoms. The van der Waals surface area contributed by atoms with E-state index in [1.165, 1.54) is 6.20 Å². The first-order valence-electron chi connectivity index (χ1n) is 6.42. The number of nitrogens with two attached hydrogens (primary N) is 1. The van der Waals surface area contributed by atoms with Gasteiger partial charge in [-0.05, 0) is 30.9 Å². The van der Waals surface area contributed by atoms with Crippen LogP contribution in [0.3, 0.4) is 0 Å². The van der Waals surface area contributed by atoms with Crippen LogP contribution in [-0.2, 0) is 10.0 Å². The molecular weight excluding hydrogens is 264 g/mol. The number of sulfonamides is 1. The van der Waals surface area contributed by atoms with Crippen molar-refractivity contribution < 1.29 is 8.42 Å². The molecule has 0 saturated carbocycles. The zero-order chi connectivity index (χ0) is 14.0. The summed E-state index contributed by atoms with van der Waals surface area (Å²) >= 11 is 0. The van der Waals surface area contributed by atoms with E-state index in [0.29, 0.717) is 12.2 Å². The van der Waals surface area contributed by atoms with Crippen LogP contribution in [-0.4, -0.2) is 30.3 Å². The normalized spacial score (nSPS) is 20.9. The standard InChI is InChI=1S/C12H20N4O2S/c1-9(2)11-6-4-8-16(11)19(17,18)12-10(15-13)5-3-7-14-12/h3,5,7,9,11,15H,4,6,8,13H2,1-2H3. The van der Waals surface area contributed by atoms with E-state index in [2.05, 4.69) is 10.4 Å². The Morgan fingerprint density at radius 2 is 2.26 bits per heavy atom. The average Bonchev–Trinajstić information content (AvgIpc) is 2.88. The van der Waals surface area contributed by atoms with Crippen molar-refractivity contribution in [2.45, 2.75) is 37.8 Å². The maximum Gasteiger partial charge on any atom is 0.262 e. The van der Waals surface area contributed by atoms with Crippen molar-refractivity contribution in [2.75, 3.05) is 12.0 Å². The number of hydrazine groups is 1. The predicted octanol–water partition coefficient (Wildman–Crippen LogP) is 1.18. The van der Waals surface area contributed by atoms with Gasteiger partial charge in [-0.15, -0.1) is 0 Å². The molecule has 0 aromatic carbocycles. The van der Waals surface area contributed by atoms with E-state index in [-0.39, 0.29) is 17.0 Å². The number of anilines is 1. The molecule has 1 aliphatic heterocycles. The molecule has 0 radical (unpaired) electrons. The molecule has 1 unspecified atom stereocenters. The van der Waals surface area contributed by atoms with Crippen molar-refractivity contribution in [3.05, 3.63) is 18.3 Å². The smallest absolute Gasteiger partial charge is 0.262 e. The minimum absolute atomic E-state index is 0.00468. The van der Waals surface area contributed by atoms with Gasteiger partial charge >= 0.3 is 0 Å². The van der Waals surface area contributed by atoms with Gasteiger partial charge in [0.1, 0.15) is 0 Å². The van der Waals surface area contributed by atoms with Crippen LogP contribution in [0.5, 0.6) is 0 Å². The summed E-state index contributed by atoms with van der Waals surface area (Å²) in [5, 5.41) is 0.00468. The number of nitrogen functional groups attached to an aromatic ring is 1. The van der Waals surface area contributed by atoms with Crippen molar-refractivity contribution in [1.29, 1.82) is 0 Å². The number of pyridine rings is 1. The molecule has 0 aliphatic carbocycles. The molecular formula is C12H20N4O2S. The zero-order valence-electron chi connectivity index (χ0n) is 11.2. The van der Waals surface area contributed by atoms with E-state index < -0.39 is 10.0 Å². The molecule has 2 heterocycles. The van der Waals surface area contributed by atoms with Gasteiger partial charge in [-0.2, -0.15) is 4.31 Å². The van der Waals surface area contributed by atoms with Crippen LogP contribution in [0, 0.1) is 5.92 Å². The second kappa shape index (κ2) is 5.44. The zero-order valence-corrected chi connectivity index (χ0v) is 12.0. The van der Waals surface area contributed by atoms with E-state index >= 15 is 0 Å². The van der Waals surface area contributed by atoms with Crippen molar-refractivity contribution in [3.63, 3.8) is 0 Å². The maximum absolute atomic E-state index is 12.7. The summed E-state index contributed by atoms with van der Waals surface area (Å²) in [7, 11) is -3.60. The lowest BCUT2D eigenvalue weighted by molar-refractivity contribution is 0.315. The monoisotopic (exact) mass is 284 g/mol. The highest BCUT2D eigenvalue weighted by Crippen LogP contribution is 2.31. The molecule has 0 spiro atoms. The van der Waals surface area contributed by atoms with Crippen molar-refractivity contribution >= 4 is 15.7 Å². The maximum atomic E-state index is 12.7. The average molecular weight is 284 g/mol. The number of nitrogens with one attached hydrogen (secondary N) is 1. The second-order valence-corrected chi connectivity index (χ2v) is 6.88. The van der Waals surface area contributed by atoms with Crippen LogP contribution < -0.4 is 11.3 Å². The van der Waals surface area contributed by atoms with Gasteiger partial charge in [-0.1, -0.05) is 13.8 Å². The molecule has 0 bridgehead atoms. The highest BCUT2D eigenvalue weighted by Gasteiger charge is 2.38. The molecule has 1 aliphatic rings. The van der Waals surface area contributed by atoms with E-state index in [9.17, 15) is 8.42 Å². The molecule has 0 amide bonds. The lowest BCUT2D eigenvalue weighted by Crippen LogP contribution is -2.39. The van der Waals surface area contributed by atoms with E-state index in [1.807, 2.05) is 13.8 Å². The van der Waals surface area contributed by atoms with Gasteiger partial charge in [0, 0.05) is 18.8 Å². The van der Waals surface area contributed by atoms with Gasteiger partial charge in [0.15, 0.2) is 5.03 Å². The highest BCUT2D eigenvalue weighted by molar-refractivity contribution is 7.89. The van der Waals surface area contributed by atoms with Crippen LogP contribution in [0.2, 0.25) is 0 Å². The van der Waals surface area contributed by atoms with Crippen molar-refractivity contribution in [3.8, 4) is 0 Å². The summed E-state index contributed by atoms with van der Waals surface area (Å²) in [6.45, 7) is 4.63. The van der Waals surface area contributed by atoms with Crippen LogP contribution >= 0.6 is 0 Å². The van der Waals surface area contributed by atoms with Gasteiger partial charge in [0.05, 0.1) is 5.69 Å². The lowest BCUT2D eigenvalue weighted by atomic mass is 10.0. The van der Waals surface area contributed by atoms with Crippen LogP contribution in [0.4, 0.5) is 5.69 Å². The molecule has 3 N–H and O–H groups in total. The number of rotatable bonds is 4. The molecule has 2 rings (SSSR count). The summed E-state index contributed by atoms with van der Waals surface area (Å²) in [6, 6.07) is 3.30. The van der Waals surface area contributed by atoms with E-state index in [4.69, 9.17) is 5.84 Å². The summed E-state index contributed by atoms with van der Waals surface area (Å²) in [5.41, 5.74) is 2.73. The summed E-state index contributed by atoms with van der Waals surface area (Å²) < 4.78 is 27.0. The van der Waals surface area contributed by atoms with Crippen LogP contribution in [0.15, 0.2) is 23.4 Å². The summed E-state index contributed by atoms with van der Waals surface area (Å²) in [6.07, 6.45) is 3.25. The Labute approximate surface area is 114 Å². The Balaban J connectivity index is 2.42. The predicted molar refractivity (Wildman–Crippen MR) is 73.8 cm³/mol. The minimum Gasteiger partial charge on any atom is -0.321 e. The van der Waals surface area contributed by atoms with Crippen molar-refractivity contribution in [1.82, 2.24) is 9.29 Å². The minimum atomic E-state index is -3.60. The topological polar surface area (TPSA) is 88.3 Å². The summed E-state index contributed by atoms with van der Waals surface area (Å²) in [5.74, 6) is 5.65. The first kappa shape index (κ1) is 14.2. The van der Waals surface area contributed by atoms with Gasteiger partial charge in [-0.25, -0.2) is 13.4 Å². The SMILES string of the molecule is CC(C)C1CCCN1S(=O)(=O)c1ncccc1NN. The van der Waals surface area contributed by atoms with Gasteiger partial charge in [0.2, 0.25) is 0 Å². The van der Waals surface area contributed by atoms with Crippen LogP contribution in [0.25, 0.3) is 0 Å². The highest BCUT2D eigenvalue weighted by atomic mass is 32.2. The molecule has 1 atom stereocenters. The third kappa shape index (κ3) is 2.58. The fourth-order valence-corrected chi connectivity index (χ4v) is 4.44. The molecule has 19 heavy (non-hydrogen) atoms. The first-order chi connectivity index (χ1) is 8.98. The fourth-order valence-electron chi connectivity index (χ4n) is 2.55. The number of hydrogen-bond acceptors (Lipinski definition) is 5. The van der Waals surface area contributed by atoms with E-state index in [0.717, 1.165) is 12.8 Å². The molecule has 1 aromatic rings. The third-order valence-corrected chi connectivity index (χ3v) is 5.38. The number of nitrogens with zero attached hydrogens (tertiary/aromatic N) is 2. The van der Waals surface area contributed by atoms with Crippen LogP contribution in [0.1, 0.15) is 26.7 Å². The van der Waals surface area contributed by atoms with Gasteiger partial charge in [-0.3, -0.25) is 5.84 Å². The first-order valence-corrected chi connectivity index (χ1v) is 7.86. The van der Waals surface area contributed by atoms with Crippen molar-refractivity contribution in [2.24, 2.45) is 11.8 Å². The molecule has 6 nitrogen and oxygen atoms in total. The second-order valence-electron chi connectivity index (χ2n) is 5.07. The van der Waals surface area contributed by atoms with Gasteiger partial charge in [0.25, 0.3) is 10.0 Å². The molecule has 1 fully saturated rings. The molecule has 106 valence electrons. The number of aromatic nitrogens is 1. The lowest BCUT2D eigenvalue weighted by Gasteiger charge is -2.27. The Kier molecular flexibility index (Phi) is 4.07. The molecule has 1 aromatic heterocycles. The fraction of sp³-hybridized carbons (Fsp3) is 0.583. The quantitative estimate of drug-likeness (QED) is 0.640. The molecule has 1 saturated heterocycles. The number of hydrogen-bond donors (Lipinski definition) is 2. The largest absolute Gasteiger partial charge is 0.321 e. The van der Waals surface area contributed by atoms with E-state index in [1.54, 1.807) is 16.4 Å². The third-order valence-electron chi connectivity index (χ3n) is 3.50.